The molecule has 0 aliphatic heterocycles. The minimum Gasteiger partial charge on any atom is -0.492 e. The van der Waals surface area contributed by atoms with Gasteiger partial charge in [-0.25, -0.2) is 4.39 Å². The number of likely N-dealkylation sites (N-methyl/N-ethyl adjacent to an activating group) is 1. The summed E-state index contributed by atoms with van der Waals surface area (Å²) in [5.74, 6) is -0.866. The Hall–Kier alpha value is -3.49. The van der Waals surface area contributed by atoms with Crippen LogP contribution in [0, 0.1) is 5.82 Å². The van der Waals surface area contributed by atoms with Gasteiger partial charge in [0.2, 0.25) is 0 Å². The zero-order valence-electron chi connectivity index (χ0n) is 22.1. The lowest BCUT2D eigenvalue weighted by atomic mass is 10.1. The first-order valence-electron chi connectivity index (χ1n) is 12.0. The molecule has 1 aromatic heterocycles. The Bertz CT molecular complexity index is 1080. The van der Waals surface area contributed by atoms with Crippen molar-refractivity contribution in [2.75, 3.05) is 13.2 Å². The molecular formula is C28H35F4N3O2. The third kappa shape index (κ3) is 10.2. The molecule has 9 heteroatoms. The van der Waals surface area contributed by atoms with Gasteiger partial charge in [0.15, 0.2) is 0 Å². The van der Waals surface area contributed by atoms with Crippen molar-refractivity contribution in [3.05, 3.63) is 89.4 Å². The Morgan fingerprint density at radius 1 is 1.22 bits per heavy atom. The number of ether oxygens (including phenoxy) is 1. The molecular weight excluding hydrogens is 486 g/mol. The van der Waals surface area contributed by atoms with Gasteiger partial charge in [0.05, 0.1) is 34.8 Å². The van der Waals surface area contributed by atoms with Crippen LogP contribution in [-0.2, 0) is 4.74 Å². The molecule has 37 heavy (non-hydrogen) atoms. The van der Waals surface area contributed by atoms with Crippen LogP contribution in [0.2, 0.25) is 0 Å². The van der Waals surface area contributed by atoms with E-state index in [1.54, 1.807) is 45.2 Å². The molecule has 1 heterocycles. The van der Waals surface area contributed by atoms with Gasteiger partial charge in [-0.3, -0.25) is 14.8 Å². The number of aliphatic imine (C=N–C) groups is 1. The number of carbonyl (C=O) groups excluding carboxylic acids is 1. The second-order valence-corrected chi connectivity index (χ2v) is 7.97. The topological polar surface area (TPSA) is 54.8 Å². The zero-order chi connectivity index (χ0) is 28.0. The number of halogens is 4. The van der Waals surface area contributed by atoms with Crippen molar-refractivity contribution in [1.29, 1.82) is 0 Å². The SMILES string of the molecule is C/C=C/C=C\N=C(C)c1ncc(F)cc1C(=O)N(CC)C(C)COC(/C=C\C(=C/C)C(F)(F)F)=C\CC. The predicted molar refractivity (Wildman–Crippen MR) is 140 cm³/mol. The summed E-state index contributed by atoms with van der Waals surface area (Å²) in [6, 6.07) is 0.647. The lowest BCUT2D eigenvalue weighted by Gasteiger charge is -2.29. The van der Waals surface area contributed by atoms with Gasteiger partial charge in [0.25, 0.3) is 5.91 Å². The van der Waals surface area contributed by atoms with E-state index in [4.69, 9.17) is 4.74 Å². The maximum absolute atomic E-state index is 14.1. The number of amides is 1. The molecule has 5 nitrogen and oxygen atoms in total. The molecule has 1 rings (SSSR count). The highest BCUT2D eigenvalue weighted by Crippen LogP contribution is 2.27. The molecule has 0 N–H and O–H groups in total. The molecule has 0 saturated carbocycles. The van der Waals surface area contributed by atoms with Gasteiger partial charge in [-0.05, 0) is 71.4 Å². The van der Waals surface area contributed by atoms with E-state index in [1.165, 1.54) is 17.9 Å². The number of nitrogens with zero attached hydrogens (tertiary/aromatic N) is 3. The highest BCUT2D eigenvalue weighted by atomic mass is 19.4. The van der Waals surface area contributed by atoms with Crippen LogP contribution in [0.15, 0.2) is 77.3 Å². The van der Waals surface area contributed by atoms with Crippen LogP contribution in [0.5, 0.6) is 0 Å². The van der Waals surface area contributed by atoms with Crippen molar-refractivity contribution in [2.24, 2.45) is 4.99 Å². The first-order valence-corrected chi connectivity index (χ1v) is 12.0. The van der Waals surface area contributed by atoms with E-state index in [-0.39, 0.29) is 30.2 Å². The van der Waals surface area contributed by atoms with Crippen LogP contribution < -0.4 is 0 Å². The van der Waals surface area contributed by atoms with E-state index in [0.717, 1.165) is 24.4 Å². The fourth-order valence-corrected chi connectivity index (χ4v) is 3.29. The summed E-state index contributed by atoms with van der Waals surface area (Å²) in [6.45, 7) is 10.5. The lowest BCUT2D eigenvalue weighted by Crippen LogP contribution is -2.41. The van der Waals surface area contributed by atoms with E-state index in [1.807, 2.05) is 19.9 Å². The number of alkyl halides is 3. The smallest absolute Gasteiger partial charge is 0.416 e. The summed E-state index contributed by atoms with van der Waals surface area (Å²) < 4.78 is 58.9. The number of allylic oxidation sites excluding steroid dienone is 8. The van der Waals surface area contributed by atoms with Crippen LogP contribution >= 0.6 is 0 Å². The Morgan fingerprint density at radius 3 is 2.49 bits per heavy atom. The molecule has 0 spiro atoms. The summed E-state index contributed by atoms with van der Waals surface area (Å²) in [7, 11) is 0. The normalized spacial score (nSPS) is 14.7. The van der Waals surface area contributed by atoms with Crippen molar-refractivity contribution >= 4 is 11.6 Å². The Labute approximate surface area is 216 Å². The van der Waals surface area contributed by atoms with Gasteiger partial charge in [0.1, 0.15) is 18.2 Å². The van der Waals surface area contributed by atoms with Gasteiger partial charge in [0, 0.05) is 12.7 Å². The van der Waals surface area contributed by atoms with E-state index in [0.29, 0.717) is 12.1 Å². The number of carbonyl (C=O) groups is 1. The van der Waals surface area contributed by atoms with Gasteiger partial charge in [-0.1, -0.05) is 25.2 Å². The van der Waals surface area contributed by atoms with Crippen LogP contribution in [0.4, 0.5) is 17.6 Å². The maximum Gasteiger partial charge on any atom is 0.416 e. The molecule has 1 amide bonds. The molecule has 1 aromatic rings. The van der Waals surface area contributed by atoms with E-state index in [2.05, 4.69) is 9.98 Å². The monoisotopic (exact) mass is 521 g/mol. The quantitative estimate of drug-likeness (QED) is 0.125. The highest BCUT2D eigenvalue weighted by Gasteiger charge is 2.31. The van der Waals surface area contributed by atoms with Crippen LogP contribution in [-0.4, -0.2) is 46.9 Å². The van der Waals surface area contributed by atoms with Crippen molar-refractivity contribution in [3.63, 3.8) is 0 Å². The average Bonchev–Trinajstić information content (AvgIpc) is 2.84. The molecule has 202 valence electrons. The fourth-order valence-electron chi connectivity index (χ4n) is 3.29. The minimum atomic E-state index is -4.47. The molecule has 0 fully saturated rings. The molecule has 1 unspecified atom stereocenters. The van der Waals surface area contributed by atoms with Gasteiger partial charge in [-0.2, -0.15) is 13.2 Å². The molecule has 0 saturated heterocycles. The number of hydrogen-bond donors (Lipinski definition) is 0. The van der Waals surface area contributed by atoms with Gasteiger partial charge in [-0.15, -0.1) is 0 Å². The Morgan fingerprint density at radius 2 is 1.92 bits per heavy atom. The second-order valence-electron chi connectivity index (χ2n) is 7.97. The third-order valence-electron chi connectivity index (χ3n) is 5.18. The summed E-state index contributed by atoms with van der Waals surface area (Å²) in [5.41, 5.74) is -0.0443. The second kappa shape index (κ2) is 15.6. The van der Waals surface area contributed by atoms with E-state index < -0.39 is 29.5 Å². The van der Waals surface area contributed by atoms with Crippen LogP contribution in [0.25, 0.3) is 0 Å². The first-order chi connectivity index (χ1) is 17.5. The van der Waals surface area contributed by atoms with Crippen molar-refractivity contribution in [2.45, 2.75) is 60.2 Å². The predicted octanol–water partition coefficient (Wildman–Crippen LogP) is 7.35. The zero-order valence-corrected chi connectivity index (χ0v) is 22.1. The standard InChI is InChI=1S/C28H35F4N3O2/c1-7-11-12-16-33-21(6)26-25(17-23(29)18-34-26)27(36)35(10-4)20(5)19-37-24(13-8-2)15-14-22(9-3)28(30,31)32/h7,9,11-18,20H,8,10,19H2,1-6H3/b11-7+,15-14-,16-12-,22-9+,24-13-,33-21?. The van der Waals surface area contributed by atoms with Crippen molar-refractivity contribution < 1.29 is 27.1 Å². The molecule has 0 radical (unpaired) electrons. The molecule has 0 aliphatic rings. The summed E-state index contributed by atoms with van der Waals surface area (Å²) in [6.07, 6.45) is 8.83. The van der Waals surface area contributed by atoms with Gasteiger partial charge >= 0.3 is 6.18 Å². The maximum atomic E-state index is 14.1. The fraction of sp³-hybridized carbons (Fsp3) is 0.393. The third-order valence-corrected chi connectivity index (χ3v) is 5.18. The molecule has 0 aromatic carbocycles. The molecule has 1 atom stereocenters. The van der Waals surface area contributed by atoms with Crippen LogP contribution in [0.1, 0.15) is 64.0 Å². The van der Waals surface area contributed by atoms with Crippen molar-refractivity contribution in [1.82, 2.24) is 9.88 Å². The summed E-state index contributed by atoms with van der Waals surface area (Å²) in [5, 5.41) is 0. The Kier molecular flexibility index (Phi) is 13.3. The molecule has 0 bridgehead atoms. The number of aromatic nitrogens is 1. The van der Waals surface area contributed by atoms with E-state index >= 15 is 0 Å². The molecule has 0 aliphatic carbocycles. The largest absolute Gasteiger partial charge is 0.492 e. The summed E-state index contributed by atoms with van der Waals surface area (Å²) >= 11 is 0. The average molecular weight is 522 g/mol. The highest BCUT2D eigenvalue weighted by molar-refractivity contribution is 6.08. The Balaban J connectivity index is 3.15. The van der Waals surface area contributed by atoms with Gasteiger partial charge < -0.3 is 9.64 Å². The number of pyridine rings is 1. The minimum absolute atomic E-state index is 0.0180. The summed E-state index contributed by atoms with van der Waals surface area (Å²) in [4.78, 5) is 23.3. The van der Waals surface area contributed by atoms with Crippen molar-refractivity contribution in [3.8, 4) is 0 Å². The first kappa shape index (κ1) is 31.5. The lowest BCUT2D eigenvalue weighted by molar-refractivity contribution is -0.0883. The van der Waals surface area contributed by atoms with E-state index in [9.17, 15) is 22.4 Å². The van der Waals surface area contributed by atoms with Crippen LogP contribution in [0.3, 0.4) is 0 Å². The number of hydrogen-bond acceptors (Lipinski definition) is 4. The number of rotatable bonds is 12.